The number of hydrogen-bond donors (Lipinski definition) is 1. The highest BCUT2D eigenvalue weighted by Crippen LogP contribution is 2.55. The lowest BCUT2D eigenvalue weighted by molar-refractivity contribution is -0.132. The molecule has 32 heavy (non-hydrogen) atoms. The van der Waals surface area contributed by atoms with Gasteiger partial charge in [0, 0.05) is 37.8 Å². The highest BCUT2D eigenvalue weighted by Gasteiger charge is 2.67. The number of rotatable bonds is 8. The molecule has 5 unspecified atom stereocenters. The molecule has 4 heteroatoms. The van der Waals surface area contributed by atoms with Crippen molar-refractivity contribution < 1.29 is 4.79 Å². The Labute approximate surface area is 192 Å². The number of amides is 1. The molecule has 1 N–H and O–H groups in total. The third kappa shape index (κ3) is 3.79. The minimum absolute atomic E-state index is 0.127. The van der Waals surface area contributed by atoms with E-state index in [1.165, 1.54) is 5.56 Å². The lowest BCUT2D eigenvalue weighted by atomic mass is 9.60. The van der Waals surface area contributed by atoms with Crippen LogP contribution in [-0.2, 0) is 17.8 Å². The summed E-state index contributed by atoms with van der Waals surface area (Å²) in [7, 11) is 0. The van der Waals surface area contributed by atoms with Gasteiger partial charge < -0.3 is 5.32 Å². The summed E-state index contributed by atoms with van der Waals surface area (Å²) >= 11 is 0. The van der Waals surface area contributed by atoms with Crippen LogP contribution in [0.1, 0.15) is 37.8 Å². The molecular formula is C28H35N3O. The first-order valence-electron chi connectivity index (χ1n) is 12.2. The first-order chi connectivity index (χ1) is 15.6. The predicted molar refractivity (Wildman–Crippen MR) is 130 cm³/mol. The van der Waals surface area contributed by atoms with Crippen LogP contribution in [0.2, 0.25) is 0 Å². The fourth-order valence-corrected chi connectivity index (χ4v) is 6.52. The van der Waals surface area contributed by atoms with Gasteiger partial charge in [0.25, 0.3) is 0 Å². The molecule has 1 saturated carbocycles. The Morgan fingerprint density at radius 3 is 2.47 bits per heavy atom. The van der Waals surface area contributed by atoms with Crippen molar-refractivity contribution in [1.82, 2.24) is 10.2 Å². The molecule has 168 valence electrons. The molecule has 2 aromatic rings. The zero-order valence-corrected chi connectivity index (χ0v) is 19.3. The van der Waals surface area contributed by atoms with Crippen LogP contribution >= 0.6 is 0 Å². The van der Waals surface area contributed by atoms with Crippen LogP contribution in [0.25, 0.3) is 0 Å². The number of nitrogens with one attached hydrogen (secondary N) is 1. The van der Waals surface area contributed by atoms with Gasteiger partial charge in [-0.25, -0.2) is 0 Å². The lowest BCUT2D eigenvalue weighted by Crippen LogP contribution is -2.65. The smallest absolute Gasteiger partial charge is 0.250 e. The Morgan fingerprint density at radius 2 is 1.78 bits per heavy atom. The molecule has 1 amide bonds. The summed E-state index contributed by atoms with van der Waals surface area (Å²) in [6, 6.07) is 21.2. The van der Waals surface area contributed by atoms with Crippen molar-refractivity contribution in [2.45, 2.75) is 51.2 Å². The van der Waals surface area contributed by atoms with Crippen molar-refractivity contribution >= 4 is 12.1 Å². The number of aliphatic imine (C=N–C) groups is 1. The fourth-order valence-electron chi connectivity index (χ4n) is 6.52. The highest BCUT2D eigenvalue weighted by atomic mass is 16.2. The lowest BCUT2D eigenvalue weighted by Gasteiger charge is -2.51. The second-order valence-electron chi connectivity index (χ2n) is 10.3. The minimum atomic E-state index is -0.625. The van der Waals surface area contributed by atoms with E-state index in [-0.39, 0.29) is 11.9 Å². The van der Waals surface area contributed by atoms with Gasteiger partial charge in [-0.05, 0) is 48.1 Å². The van der Waals surface area contributed by atoms with Crippen molar-refractivity contribution in [2.24, 2.45) is 28.7 Å². The molecule has 2 fully saturated rings. The molecule has 0 spiro atoms. The van der Waals surface area contributed by atoms with E-state index in [0.717, 1.165) is 37.9 Å². The number of aryl methyl sites for hydroxylation is 1. The molecule has 6 rings (SSSR count). The maximum absolute atomic E-state index is 13.8. The Bertz CT molecular complexity index is 957. The summed E-state index contributed by atoms with van der Waals surface area (Å²) < 4.78 is 0. The standard InChI is InChI=1S/C28H35N3O/c1-20(2)18-31-19-24-15-23-17-30-28(24,27(32)29-16-22-11-7-4-8-12-22)26(31)25(23)14-13-21-9-5-3-6-10-21/h3-12,17,20,23-26H,13-16,18-19H2,1-2H3,(H,29,32). The normalized spacial score (nSPS) is 30.7. The van der Waals surface area contributed by atoms with E-state index in [1.807, 2.05) is 18.2 Å². The summed E-state index contributed by atoms with van der Waals surface area (Å²) in [6.45, 7) is 7.17. The maximum atomic E-state index is 13.8. The number of hydrogen-bond acceptors (Lipinski definition) is 3. The molecular weight excluding hydrogens is 394 g/mol. The average molecular weight is 430 g/mol. The van der Waals surface area contributed by atoms with Crippen LogP contribution in [0.4, 0.5) is 0 Å². The average Bonchev–Trinajstić information content (AvgIpc) is 3.06. The molecule has 5 atom stereocenters. The van der Waals surface area contributed by atoms with E-state index >= 15 is 0 Å². The van der Waals surface area contributed by atoms with Crippen LogP contribution in [0, 0.1) is 23.7 Å². The molecule has 4 bridgehead atoms. The van der Waals surface area contributed by atoms with Gasteiger partial charge in [0.15, 0.2) is 5.54 Å². The third-order valence-corrected chi connectivity index (χ3v) is 7.78. The molecule has 2 aromatic carbocycles. The molecule has 1 saturated heterocycles. The summed E-state index contributed by atoms with van der Waals surface area (Å²) in [6.07, 6.45) is 5.41. The van der Waals surface area contributed by atoms with Gasteiger partial charge in [0.2, 0.25) is 5.91 Å². The Hall–Kier alpha value is -2.46. The summed E-state index contributed by atoms with van der Waals surface area (Å²) in [5.41, 5.74) is 1.90. The van der Waals surface area contributed by atoms with Gasteiger partial charge in [0.05, 0.1) is 0 Å². The van der Waals surface area contributed by atoms with Gasteiger partial charge in [-0.1, -0.05) is 74.5 Å². The summed E-state index contributed by atoms with van der Waals surface area (Å²) in [5, 5.41) is 3.27. The zero-order chi connectivity index (χ0) is 22.1. The van der Waals surface area contributed by atoms with Gasteiger partial charge in [-0.2, -0.15) is 0 Å². The quantitative estimate of drug-likeness (QED) is 0.678. The number of likely N-dealkylation sites (tertiary alicyclic amines) is 1. The summed E-state index contributed by atoms with van der Waals surface area (Å²) in [5.74, 6) is 2.00. The van der Waals surface area contributed by atoms with Gasteiger partial charge >= 0.3 is 0 Å². The van der Waals surface area contributed by atoms with Crippen LogP contribution in [0.3, 0.4) is 0 Å². The van der Waals surface area contributed by atoms with E-state index in [0.29, 0.717) is 30.2 Å². The molecule has 4 nitrogen and oxygen atoms in total. The third-order valence-electron chi connectivity index (χ3n) is 7.78. The number of carbonyl (C=O) groups is 1. The van der Waals surface area contributed by atoms with E-state index < -0.39 is 5.54 Å². The monoisotopic (exact) mass is 429 g/mol. The Morgan fingerprint density at radius 1 is 1.09 bits per heavy atom. The van der Waals surface area contributed by atoms with Crippen LogP contribution in [0.15, 0.2) is 65.7 Å². The van der Waals surface area contributed by atoms with Crippen molar-refractivity contribution in [3.8, 4) is 0 Å². The zero-order valence-electron chi connectivity index (χ0n) is 19.3. The van der Waals surface area contributed by atoms with Crippen LogP contribution in [-0.4, -0.2) is 41.7 Å². The van der Waals surface area contributed by atoms with E-state index in [2.05, 4.69) is 72.7 Å². The molecule has 3 aliphatic heterocycles. The first-order valence-corrected chi connectivity index (χ1v) is 12.2. The van der Waals surface area contributed by atoms with Crippen molar-refractivity contribution in [3.63, 3.8) is 0 Å². The molecule has 0 radical (unpaired) electrons. The molecule has 3 heterocycles. The first kappa shape index (κ1) is 21.4. The Balaban J connectivity index is 1.40. The van der Waals surface area contributed by atoms with Crippen molar-refractivity contribution in [1.29, 1.82) is 0 Å². The predicted octanol–water partition coefficient (Wildman–Crippen LogP) is 4.35. The van der Waals surface area contributed by atoms with E-state index in [9.17, 15) is 4.79 Å². The van der Waals surface area contributed by atoms with Gasteiger partial charge in [-0.15, -0.1) is 0 Å². The fraction of sp³-hybridized carbons (Fsp3) is 0.500. The Kier molecular flexibility index (Phi) is 5.90. The largest absolute Gasteiger partial charge is 0.350 e. The minimum Gasteiger partial charge on any atom is -0.350 e. The SMILES string of the molecule is CC(C)CN1CC2CC3C=NC2(C(=O)NCc2ccccc2)C1C3CCc1ccccc1. The van der Waals surface area contributed by atoms with Crippen LogP contribution in [0.5, 0.6) is 0 Å². The second kappa shape index (κ2) is 8.82. The molecule has 1 aliphatic carbocycles. The maximum Gasteiger partial charge on any atom is 0.250 e. The van der Waals surface area contributed by atoms with Gasteiger partial charge in [0.1, 0.15) is 0 Å². The second-order valence-corrected chi connectivity index (χ2v) is 10.3. The molecule has 4 aliphatic rings. The van der Waals surface area contributed by atoms with E-state index in [4.69, 9.17) is 4.99 Å². The van der Waals surface area contributed by atoms with Crippen LogP contribution < -0.4 is 5.32 Å². The highest BCUT2D eigenvalue weighted by molar-refractivity contribution is 5.92. The molecule has 0 aromatic heterocycles. The van der Waals surface area contributed by atoms with Gasteiger partial charge in [-0.3, -0.25) is 14.7 Å². The van der Waals surface area contributed by atoms with Crippen molar-refractivity contribution in [3.05, 3.63) is 71.8 Å². The number of nitrogens with zero attached hydrogens (tertiary/aromatic N) is 2. The number of benzene rings is 2. The van der Waals surface area contributed by atoms with Crippen molar-refractivity contribution in [2.75, 3.05) is 13.1 Å². The number of carbonyl (C=O) groups excluding carboxylic acids is 1. The van der Waals surface area contributed by atoms with E-state index in [1.54, 1.807) is 0 Å². The summed E-state index contributed by atoms with van der Waals surface area (Å²) in [4.78, 5) is 21.5. The topological polar surface area (TPSA) is 44.7 Å².